The largest absolute Gasteiger partial charge is 0.481 e. The van der Waals surface area contributed by atoms with Crippen molar-refractivity contribution in [1.29, 1.82) is 0 Å². The van der Waals surface area contributed by atoms with Gasteiger partial charge < -0.3 is 29.9 Å². The predicted molar refractivity (Wildman–Crippen MR) is 106 cm³/mol. The molecule has 7 heteroatoms. The van der Waals surface area contributed by atoms with Crippen LogP contribution in [0.5, 0.6) is 0 Å². The van der Waals surface area contributed by atoms with E-state index >= 15 is 0 Å². The van der Waals surface area contributed by atoms with Gasteiger partial charge in [0.25, 0.3) is 0 Å². The Hall–Kier alpha value is -0.730. The Morgan fingerprint density at radius 1 is 1.14 bits per heavy atom. The molecule has 5 atom stereocenters. The van der Waals surface area contributed by atoms with Gasteiger partial charge in [0.2, 0.25) is 0 Å². The van der Waals surface area contributed by atoms with E-state index in [0.717, 1.165) is 64.2 Å². The van der Waals surface area contributed by atoms with Crippen molar-refractivity contribution in [3.05, 3.63) is 0 Å². The molecule has 0 aromatic heterocycles. The molecule has 0 saturated carbocycles. The van der Waals surface area contributed by atoms with Gasteiger partial charge in [0.05, 0.1) is 37.6 Å². The lowest BCUT2D eigenvalue weighted by Crippen LogP contribution is -2.33. The fourth-order valence-corrected chi connectivity index (χ4v) is 3.67. The number of aliphatic carboxylic acids is 1. The summed E-state index contributed by atoms with van der Waals surface area (Å²) in [5.41, 5.74) is 0. The molecule has 4 N–H and O–H groups in total. The summed E-state index contributed by atoms with van der Waals surface area (Å²) >= 11 is 0. The lowest BCUT2D eigenvalue weighted by Gasteiger charge is -2.25. The van der Waals surface area contributed by atoms with Crippen LogP contribution in [0.25, 0.3) is 0 Å². The van der Waals surface area contributed by atoms with Gasteiger partial charge in [0, 0.05) is 12.8 Å². The number of aliphatic hydroxyl groups is 3. The van der Waals surface area contributed by atoms with Crippen LogP contribution in [-0.2, 0) is 14.3 Å². The number of carboxylic acids is 1. The van der Waals surface area contributed by atoms with Crippen molar-refractivity contribution in [3.63, 3.8) is 0 Å². The third-order valence-corrected chi connectivity index (χ3v) is 5.35. The molecule has 0 radical (unpaired) electrons. The summed E-state index contributed by atoms with van der Waals surface area (Å²) in [6.45, 7) is 1.88. The highest BCUT2D eigenvalue weighted by Gasteiger charge is 2.38. The fourth-order valence-electron chi connectivity index (χ4n) is 3.67. The molecular formula is C21H40O7. The van der Waals surface area contributed by atoms with Crippen LogP contribution in [0.4, 0.5) is 0 Å². The first kappa shape index (κ1) is 25.3. The Kier molecular flexibility index (Phi) is 13.7. The van der Waals surface area contributed by atoms with Crippen LogP contribution in [0.1, 0.15) is 84.0 Å². The Labute approximate surface area is 169 Å². The first-order valence-electron chi connectivity index (χ1n) is 10.9. The molecule has 1 rings (SSSR count). The lowest BCUT2D eigenvalue weighted by atomic mass is 10.00. The van der Waals surface area contributed by atoms with Crippen LogP contribution in [0.15, 0.2) is 0 Å². The zero-order valence-corrected chi connectivity index (χ0v) is 17.3. The molecule has 0 aliphatic carbocycles. The second kappa shape index (κ2) is 15.2. The summed E-state index contributed by atoms with van der Waals surface area (Å²) in [6.07, 6.45) is 8.25. The molecule has 0 aromatic carbocycles. The van der Waals surface area contributed by atoms with Gasteiger partial charge >= 0.3 is 5.97 Å². The maximum absolute atomic E-state index is 10.5. The third-order valence-electron chi connectivity index (χ3n) is 5.35. The Balaban J connectivity index is 2.34. The van der Waals surface area contributed by atoms with Gasteiger partial charge in [0.1, 0.15) is 6.10 Å². The van der Waals surface area contributed by atoms with E-state index in [1.54, 1.807) is 0 Å². The van der Waals surface area contributed by atoms with E-state index in [-0.39, 0.29) is 37.9 Å². The number of aliphatic hydroxyl groups excluding tert-OH is 3. The summed E-state index contributed by atoms with van der Waals surface area (Å²) < 4.78 is 11.9. The average molecular weight is 405 g/mol. The summed E-state index contributed by atoms with van der Waals surface area (Å²) in [5.74, 6) is -0.740. The molecule has 1 heterocycles. The Morgan fingerprint density at radius 3 is 2.54 bits per heavy atom. The molecule has 1 aliphatic heterocycles. The van der Waals surface area contributed by atoms with Gasteiger partial charge in [-0.25, -0.2) is 0 Å². The van der Waals surface area contributed by atoms with Crippen molar-refractivity contribution in [2.45, 2.75) is 114 Å². The average Bonchev–Trinajstić information content (AvgIpc) is 3.03. The third kappa shape index (κ3) is 10.7. The van der Waals surface area contributed by atoms with Crippen molar-refractivity contribution in [2.24, 2.45) is 0 Å². The van der Waals surface area contributed by atoms with Gasteiger partial charge in [-0.2, -0.15) is 0 Å². The summed E-state index contributed by atoms with van der Waals surface area (Å²) in [5, 5.41) is 37.5. The fraction of sp³-hybridized carbons (Fsp3) is 0.952. The number of hydrogen-bond donors (Lipinski definition) is 4. The smallest absolute Gasteiger partial charge is 0.303 e. The quantitative estimate of drug-likeness (QED) is 0.275. The second-order valence-electron chi connectivity index (χ2n) is 7.92. The van der Waals surface area contributed by atoms with Gasteiger partial charge in [-0.05, 0) is 19.3 Å². The standard InChI is InChI=1S/C21H40O7/c1-2-3-7-11-19(27-15-16(23)14-22)20-13-17(24)18(28-20)10-8-5-4-6-9-12-21(25)26/h16-20,22-24H,2-15H2,1H3,(H,25,26). The van der Waals surface area contributed by atoms with Crippen LogP contribution in [-0.4, -0.2) is 70.1 Å². The van der Waals surface area contributed by atoms with Crippen LogP contribution in [0, 0.1) is 0 Å². The first-order valence-corrected chi connectivity index (χ1v) is 10.9. The number of hydrogen-bond acceptors (Lipinski definition) is 6. The molecule has 1 aliphatic rings. The molecule has 0 spiro atoms. The molecule has 7 nitrogen and oxygen atoms in total. The monoisotopic (exact) mass is 404 g/mol. The topological polar surface area (TPSA) is 116 Å². The molecule has 5 unspecified atom stereocenters. The highest BCUT2D eigenvalue weighted by atomic mass is 16.6. The number of rotatable bonds is 17. The van der Waals surface area contributed by atoms with Crippen molar-refractivity contribution >= 4 is 5.97 Å². The Morgan fingerprint density at radius 2 is 1.86 bits per heavy atom. The predicted octanol–water partition coefficient (Wildman–Crippen LogP) is 2.64. The van der Waals surface area contributed by atoms with Gasteiger partial charge in [-0.3, -0.25) is 4.79 Å². The van der Waals surface area contributed by atoms with E-state index in [4.69, 9.17) is 19.7 Å². The summed E-state index contributed by atoms with van der Waals surface area (Å²) in [4.78, 5) is 10.5. The molecule has 0 amide bonds. The van der Waals surface area contributed by atoms with E-state index in [1.807, 2.05) is 0 Å². The summed E-state index contributed by atoms with van der Waals surface area (Å²) in [6, 6.07) is 0. The maximum Gasteiger partial charge on any atom is 0.303 e. The molecule has 0 aromatic rings. The minimum absolute atomic E-state index is 0.0737. The van der Waals surface area contributed by atoms with E-state index in [1.165, 1.54) is 0 Å². The van der Waals surface area contributed by atoms with Gasteiger partial charge in [0.15, 0.2) is 0 Å². The summed E-state index contributed by atoms with van der Waals surface area (Å²) in [7, 11) is 0. The van der Waals surface area contributed by atoms with Crippen LogP contribution >= 0.6 is 0 Å². The van der Waals surface area contributed by atoms with Crippen LogP contribution in [0.2, 0.25) is 0 Å². The molecule has 1 saturated heterocycles. The van der Waals surface area contributed by atoms with E-state index in [0.29, 0.717) is 6.42 Å². The maximum atomic E-state index is 10.5. The van der Waals surface area contributed by atoms with Crippen molar-refractivity contribution in [1.82, 2.24) is 0 Å². The van der Waals surface area contributed by atoms with Crippen molar-refractivity contribution in [2.75, 3.05) is 13.2 Å². The van der Waals surface area contributed by atoms with Gasteiger partial charge in [-0.15, -0.1) is 0 Å². The van der Waals surface area contributed by atoms with Crippen molar-refractivity contribution < 1.29 is 34.7 Å². The molecular weight excluding hydrogens is 364 g/mol. The zero-order valence-electron chi connectivity index (χ0n) is 17.3. The number of carboxylic acid groups (broad SMARTS) is 1. The normalized spacial score (nSPS) is 24.4. The SMILES string of the molecule is CCCCCC(OCC(O)CO)C1CC(O)C(CCCCCCCC(=O)O)O1. The Bertz CT molecular complexity index is 404. The second-order valence-corrected chi connectivity index (χ2v) is 7.92. The van der Waals surface area contributed by atoms with Crippen LogP contribution in [0.3, 0.4) is 0 Å². The minimum atomic E-state index is -0.892. The minimum Gasteiger partial charge on any atom is -0.481 e. The molecule has 166 valence electrons. The lowest BCUT2D eigenvalue weighted by molar-refractivity contribution is -0.137. The molecule has 28 heavy (non-hydrogen) atoms. The molecule has 1 fully saturated rings. The molecule has 0 bridgehead atoms. The first-order chi connectivity index (χ1) is 13.5. The highest BCUT2D eigenvalue weighted by molar-refractivity contribution is 5.66. The highest BCUT2D eigenvalue weighted by Crippen LogP contribution is 2.30. The number of ether oxygens (including phenoxy) is 2. The number of unbranched alkanes of at least 4 members (excludes halogenated alkanes) is 6. The van der Waals surface area contributed by atoms with E-state index in [9.17, 15) is 15.0 Å². The number of carbonyl (C=O) groups is 1. The van der Waals surface area contributed by atoms with Gasteiger partial charge in [-0.1, -0.05) is 51.9 Å². The van der Waals surface area contributed by atoms with Crippen molar-refractivity contribution in [3.8, 4) is 0 Å². The van der Waals surface area contributed by atoms with E-state index < -0.39 is 18.2 Å². The van der Waals surface area contributed by atoms with Crippen LogP contribution < -0.4 is 0 Å². The van der Waals surface area contributed by atoms with E-state index in [2.05, 4.69) is 6.92 Å². The zero-order chi connectivity index (χ0) is 20.8.